The normalized spacial score (nSPS) is 21.2. The molecule has 3 rings (SSSR count). The fraction of sp³-hybridized carbons (Fsp3) is 0.556. The van der Waals surface area contributed by atoms with Crippen molar-refractivity contribution in [3.8, 4) is 11.5 Å². The van der Waals surface area contributed by atoms with E-state index in [9.17, 15) is 21.6 Å². The smallest absolute Gasteiger partial charge is 0.493 e. The first-order valence-corrected chi connectivity index (χ1v) is 10.3. The fourth-order valence-electron chi connectivity index (χ4n) is 3.67. The predicted octanol–water partition coefficient (Wildman–Crippen LogP) is 3.54. The molecule has 0 saturated carbocycles. The van der Waals surface area contributed by atoms with Crippen molar-refractivity contribution in [2.24, 2.45) is 0 Å². The first-order chi connectivity index (χ1) is 13.2. The summed E-state index contributed by atoms with van der Waals surface area (Å²) in [6.45, 7) is 1.11. The van der Waals surface area contributed by atoms with Crippen LogP contribution in [-0.4, -0.2) is 52.2 Å². The zero-order chi connectivity index (χ0) is 20.5. The summed E-state index contributed by atoms with van der Waals surface area (Å²) in [5.41, 5.74) is -4.53. The number of halogens is 3. The number of fused-ring (bicyclic) bond motifs is 1. The van der Waals surface area contributed by atoms with Crippen LogP contribution < -0.4 is 9.47 Å². The molecule has 10 heteroatoms. The van der Waals surface area contributed by atoms with Crippen molar-refractivity contribution in [3.63, 3.8) is 0 Å². The van der Waals surface area contributed by atoms with E-state index in [1.165, 1.54) is 14.2 Å². The van der Waals surface area contributed by atoms with Gasteiger partial charge in [0.1, 0.15) is 5.76 Å². The van der Waals surface area contributed by atoms with E-state index in [1.54, 1.807) is 18.2 Å². The molecule has 2 heterocycles. The molecule has 0 N–H and O–H groups in total. The lowest BCUT2D eigenvalue weighted by atomic mass is 9.90. The van der Waals surface area contributed by atoms with Gasteiger partial charge in [-0.15, -0.1) is 0 Å². The van der Waals surface area contributed by atoms with Gasteiger partial charge in [-0.2, -0.15) is 21.6 Å². The van der Waals surface area contributed by atoms with Crippen LogP contribution in [-0.2, 0) is 14.3 Å². The molecule has 1 aromatic carbocycles. The number of hydrogen-bond donors (Lipinski definition) is 0. The third-order valence-electron chi connectivity index (χ3n) is 5.09. The molecule has 2 aliphatic rings. The van der Waals surface area contributed by atoms with Crippen LogP contribution in [0.15, 0.2) is 24.0 Å². The van der Waals surface area contributed by atoms with Gasteiger partial charge in [-0.25, -0.2) is 0 Å². The second kappa shape index (κ2) is 7.82. The van der Waals surface area contributed by atoms with Crippen LogP contribution in [0.25, 0.3) is 5.57 Å². The maximum absolute atomic E-state index is 12.9. The Morgan fingerprint density at radius 3 is 2.46 bits per heavy atom. The Morgan fingerprint density at radius 1 is 1.11 bits per heavy atom. The molecule has 1 aromatic rings. The molecule has 1 atom stereocenters. The lowest BCUT2D eigenvalue weighted by molar-refractivity contribution is -0.0526. The molecule has 0 aliphatic carbocycles. The van der Waals surface area contributed by atoms with Crippen molar-refractivity contribution >= 4 is 15.7 Å². The summed E-state index contributed by atoms with van der Waals surface area (Å²) in [6, 6.07) is 4.86. The van der Waals surface area contributed by atoms with E-state index in [1.807, 2.05) is 0 Å². The van der Waals surface area contributed by atoms with Crippen molar-refractivity contribution in [2.75, 3.05) is 27.3 Å². The maximum Gasteiger partial charge on any atom is 0.534 e. The predicted molar refractivity (Wildman–Crippen MR) is 96.4 cm³/mol. The van der Waals surface area contributed by atoms with Gasteiger partial charge in [0.05, 0.1) is 14.2 Å². The maximum atomic E-state index is 12.9. The van der Waals surface area contributed by atoms with Gasteiger partial charge in [0.15, 0.2) is 11.5 Å². The highest BCUT2D eigenvalue weighted by atomic mass is 32.2. The summed E-state index contributed by atoms with van der Waals surface area (Å²) in [4.78, 5) is 2.16. The van der Waals surface area contributed by atoms with Crippen LogP contribution in [0.2, 0.25) is 0 Å². The third-order valence-corrected chi connectivity index (χ3v) is 6.08. The Balaban J connectivity index is 2.06. The molecule has 6 nitrogen and oxygen atoms in total. The molecular formula is C18H22F3NO5S. The van der Waals surface area contributed by atoms with E-state index in [0.29, 0.717) is 29.2 Å². The average Bonchev–Trinajstić information content (AvgIpc) is 2.65. The van der Waals surface area contributed by atoms with E-state index in [-0.39, 0.29) is 18.2 Å². The minimum atomic E-state index is -5.74. The van der Waals surface area contributed by atoms with Gasteiger partial charge in [-0.3, -0.25) is 4.90 Å². The molecular weight excluding hydrogens is 399 g/mol. The number of nitrogens with zero attached hydrogens (tertiary/aromatic N) is 1. The highest BCUT2D eigenvalue weighted by Crippen LogP contribution is 2.39. The van der Waals surface area contributed by atoms with Gasteiger partial charge in [0.2, 0.25) is 0 Å². The van der Waals surface area contributed by atoms with Crippen molar-refractivity contribution in [3.05, 3.63) is 29.5 Å². The van der Waals surface area contributed by atoms with Crippen molar-refractivity contribution in [1.82, 2.24) is 4.90 Å². The van der Waals surface area contributed by atoms with Crippen LogP contribution in [0.5, 0.6) is 11.5 Å². The summed E-state index contributed by atoms with van der Waals surface area (Å²) in [6.07, 6.45) is 2.84. The number of alkyl halides is 3. The van der Waals surface area contributed by atoms with Crippen LogP contribution >= 0.6 is 0 Å². The van der Waals surface area contributed by atoms with E-state index in [2.05, 4.69) is 9.08 Å². The van der Waals surface area contributed by atoms with Gasteiger partial charge in [-0.05, 0) is 37.1 Å². The molecule has 0 bridgehead atoms. The lowest BCUT2D eigenvalue weighted by Gasteiger charge is -2.40. The summed E-state index contributed by atoms with van der Waals surface area (Å²) in [5, 5.41) is 0. The van der Waals surface area contributed by atoms with Crippen LogP contribution in [0.1, 0.15) is 31.2 Å². The zero-order valence-corrected chi connectivity index (χ0v) is 16.4. The Hall–Kier alpha value is -1.94. The molecule has 0 spiro atoms. The molecule has 0 amide bonds. The third kappa shape index (κ3) is 4.07. The highest BCUT2D eigenvalue weighted by molar-refractivity contribution is 7.87. The average molecular weight is 421 g/mol. The van der Waals surface area contributed by atoms with E-state index in [4.69, 9.17) is 9.47 Å². The number of benzene rings is 1. The Labute approximate surface area is 162 Å². The van der Waals surface area contributed by atoms with Gasteiger partial charge in [0, 0.05) is 24.6 Å². The number of ether oxygens (including phenoxy) is 2. The zero-order valence-electron chi connectivity index (χ0n) is 15.6. The van der Waals surface area contributed by atoms with Gasteiger partial charge in [-0.1, -0.05) is 12.5 Å². The molecule has 2 aliphatic heterocycles. The Bertz CT molecular complexity index is 866. The largest absolute Gasteiger partial charge is 0.534 e. The quantitative estimate of drug-likeness (QED) is 0.535. The van der Waals surface area contributed by atoms with E-state index >= 15 is 0 Å². The number of rotatable bonds is 5. The minimum Gasteiger partial charge on any atom is -0.493 e. The summed E-state index contributed by atoms with van der Waals surface area (Å²) >= 11 is 0. The first-order valence-electron chi connectivity index (χ1n) is 8.85. The van der Waals surface area contributed by atoms with E-state index < -0.39 is 15.6 Å². The Kier molecular flexibility index (Phi) is 5.81. The molecule has 1 fully saturated rings. The number of piperidine rings is 1. The minimum absolute atomic E-state index is 0.0314. The highest BCUT2D eigenvalue weighted by Gasteiger charge is 2.49. The SMILES string of the molecule is COc1ccc(C2=C(OS(=O)(=O)C(F)(F)F)CC3CCCCN3C2)cc1OC. The molecule has 1 unspecified atom stereocenters. The van der Waals surface area contributed by atoms with Crippen molar-refractivity contribution in [1.29, 1.82) is 0 Å². The number of hydrogen-bond acceptors (Lipinski definition) is 6. The summed E-state index contributed by atoms with van der Waals surface area (Å²) in [5.74, 6) is 0.697. The molecule has 1 saturated heterocycles. The molecule has 0 radical (unpaired) electrons. The van der Waals surface area contributed by atoms with Gasteiger partial charge >= 0.3 is 15.6 Å². The standard InChI is InChI=1S/C18H22F3NO5S/c1-25-15-7-6-12(9-17(15)26-2)14-11-22-8-4-3-5-13(22)10-16(14)27-28(23,24)18(19,20)21/h6-7,9,13H,3-5,8,10-11H2,1-2H3. The second-order valence-electron chi connectivity index (χ2n) is 6.78. The van der Waals surface area contributed by atoms with Crippen LogP contribution in [0, 0.1) is 0 Å². The van der Waals surface area contributed by atoms with Crippen molar-refractivity contribution in [2.45, 2.75) is 37.2 Å². The van der Waals surface area contributed by atoms with Crippen LogP contribution in [0.3, 0.4) is 0 Å². The van der Waals surface area contributed by atoms with Gasteiger partial charge < -0.3 is 13.7 Å². The van der Waals surface area contributed by atoms with Gasteiger partial charge in [0.25, 0.3) is 0 Å². The van der Waals surface area contributed by atoms with Crippen molar-refractivity contribution < 1.29 is 35.2 Å². The first kappa shape index (κ1) is 20.8. The van der Waals surface area contributed by atoms with E-state index in [0.717, 1.165) is 25.8 Å². The van der Waals surface area contributed by atoms with Crippen LogP contribution in [0.4, 0.5) is 13.2 Å². The summed E-state index contributed by atoms with van der Waals surface area (Å²) in [7, 11) is -2.82. The molecule has 28 heavy (non-hydrogen) atoms. The number of methoxy groups -OCH3 is 2. The molecule has 156 valence electrons. The summed E-state index contributed by atoms with van der Waals surface area (Å²) < 4.78 is 77.0. The monoisotopic (exact) mass is 421 g/mol. The topological polar surface area (TPSA) is 65.1 Å². The lowest BCUT2D eigenvalue weighted by Crippen LogP contribution is -2.44. The fourth-order valence-corrected chi connectivity index (χ4v) is 4.20. The Morgan fingerprint density at radius 2 is 1.82 bits per heavy atom. The molecule has 0 aromatic heterocycles. The second-order valence-corrected chi connectivity index (χ2v) is 8.32.